The Labute approximate surface area is 190 Å². The van der Waals surface area contributed by atoms with Gasteiger partial charge in [-0.05, 0) is 56.3 Å². The molecule has 0 heterocycles. The summed E-state index contributed by atoms with van der Waals surface area (Å²) in [6, 6.07) is 3.87. The predicted molar refractivity (Wildman–Crippen MR) is 122 cm³/mol. The molecule has 0 aliphatic heterocycles. The minimum Gasteiger partial charge on any atom is -0.504 e. The first-order valence-electron chi connectivity index (χ1n) is 11.6. The molecule has 0 aromatic heterocycles. The Morgan fingerprint density at radius 3 is 2.56 bits per heavy atom. The zero-order valence-corrected chi connectivity index (χ0v) is 19.2. The van der Waals surface area contributed by atoms with Crippen molar-refractivity contribution in [2.75, 3.05) is 13.7 Å². The molecule has 1 saturated carbocycles. The van der Waals surface area contributed by atoms with Crippen LogP contribution in [-0.4, -0.2) is 59.0 Å². The highest BCUT2D eigenvalue weighted by Gasteiger charge is 2.26. The molecule has 0 bridgehead atoms. The van der Waals surface area contributed by atoms with E-state index < -0.39 is 30.1 Å². The average Bonchev–Trinajstić information content (AvgIpc) is 2.76. The van der Waals surface area contributed by atoms with E-state index in [2.05, 4.69) is 10.6 Å². The third kappa shape index (κ3) is 8.67. The second-order valence-electron chi connectivity index (χ2n) is 8.82. The predicted octanol–water partition coefficient (Wildman–Crippen LogP) is 2.60. The topological polar surface area (TPSA) is 128 Å². The highest BCUT2D eigenvalue weighted by atomic mass is 16.5. The molecule has 0 saturated heterocycles. The number of amides is 1. The Hall–Kier alpha value is -2.32. The maximum atomic E-state index is 12.7. The maximum Gasteiger partial charge on any atom is 0.305 e. The SMILES string of the molecule is COc1ccc(CCCN[C@@H](CC(=O)O)C(=O)NC(C)C(O)CC2CCCCC2)cc1O. The van der Waals surface area contributed by atoms with Crippen molar-refractivity contribution in [1.29, 1.82) is 0 Å². The van der Waals surface area contributed by atoms with Crippen LogP contribution >= 0.6 is 0 Å². The first-order chi connectivity index (χ1) is 15.3. The zero-order valence-electron chi connectivity index (χ0n) is 19.2. The smallest absolute Gasteiger partial charge is 0.305 e. The fourth-order valence-corrected chi connectivity index (χ4v) is 4.28. The van der Waals surface area contributed by atoms with Crippen LogP contribution in [-0.2, 0) is 16.0 Å². The van der Waals surface area contributed by atoms with Gasteiger partial charge in [-0.1, -0.05) is 38.2 Å². The van der Waals surface area contributed by atoms with Crippen molar-refractivity contribution in [2.24, 2.45) is 5.92 Å². The number of ether oxygens (including phenoxy) is 1. The summed E-state index contributed by atoms with van der Waals surface area (Å²) in [5, 5.41) is 35.4. The van der Waals surface area contributed by atoms with E-state index in [0.29, 0.717) is 37.5 Å². The van der Waals surface area contributed by atoms with E-state index in [0.717, 1.165) is 18.4 Å². The fraction of sp³-hybridized carbons (Fsp3) is 0.667. The van der Waals surface area contributed by atoms with E-state index in [9.17, 15) is 24.9 Å². The van der Waals surface area contributed by atoms with Crippen molar-refractivity contribution in [3.8, 4) is 11.5 Å². The number of phenols is 1. The van der Waals surface area contributed by atoms with Gasteiger partial charge in [0.05, 0.1) is 31.7 Å². The number of aliphatic carboxylic acids is 1. The van der Waals surface area contributed by atoms with Gasteiger partial charge in [-0.2, -0.15) is 0 Å². The fourth-order valence-electron chi connectivity index (χ4n) is 4.28. The standard InChI is InChI=1S/C24H38N2O6/c1-16(20(27)13-17-7-4-3-5-8-17)26-24(31)19(15-23(29)30)25-12-6-9-18-10-11-22(32-2)21(28)14-18/h10-11,14,16-17,19-20,25,27-28H,3-9,12-13,15H2,1-2H3,(H,26,31)(H,29,30)/t16?,19-,20?/m0/s1. The highest BCUT2D eigenvalue weighted by molar-refractivity contribution is 5.86. The number of methoxy groups -OCH3 is 1. The normalized spacial score (nSPS) is 17.3. The highest BCUT2D eigenvalue weighted by Crippen LogP contribution is 2.28. The molecule has 180 valence electrons. The third-order valence-corrected chi connectivity index (χ3v) is 6.22. The number of carbonyl (C=O) groups excluding carboxylic acids is 1. The summed E-state index contributed by atoms with van der Waals surface area (Å²) in [4.78, 5) is 23.9. The van der Waals surface area contributed by atoms with E-state index in [-0.39, 0.29) is 12.2 Å². The van der Waals surface area contributed by atoms with Crippen LogP contribution in [0.5, 0.6) is 11.5 Å². The maximum absolute atomic E-state index is 12.7. The van der Waals surface area contributed by atoms with Gasteiger partial charge in [0.2, 0.25) is 5.91 Å². The van der Waals surface area contributed by atoms with E-state index in [4.69, 9.17) is 4.74 Å². The largest absolute Gasteiger partial charge is 0.504 e. The van der Waals surface area contributed by atoms with Gasteiger partial charge in [-0.15, -0.1) is 0 Å². The molecule has 32 heavy (non-hydrogen) atoms. The number of carboxylic acid groups (broad SMARTS) is 1. The summed E-state index contributed by atoms with van der Waals surface area (Å²) < 4.78 is 5.03. The van der Waals surface area contributed by atoms with Crippen molar-refractivity contribution in [3.63, 3.8) is 0 Å². The molecule has 8 nitrogen and oxygen atoms in total. The number of aliphatic hydroxyl groups excluding tert-OH is 1. The number of aliphatic hydroxyl groups is 1. The summed E-state index contributed by atoms with van der Waals surface area (Å²) in [6.07, 6.45) is 6.87. The Morgan fingerprint density at radius 1 is 1.22 bits per heavy atom. The quantitative estimate of drug-likeness (QED) is 0.292. The number of aromatic hydroxyl groups is 1. The van der Waals surface area contributed by atoms with Crippen LogP contribution < -0.4 is 15.4 Å². The lowest BCUT2D eigenvalue weighted by Crippen LogP contribution is -2.51. The van der Waals surface area contributed by atoms with Gasteiger partial charge in [0, 0.05) is 0 Å². The van der Waals surface area contributed by atoms with E-state index >= 15 is 0 Å². The average molecular weight is 451 g/mol. The van der Waals surface area contributed by atoms with E-state index in [1.165, 1.54) is 26.4 Å². The third-order valence-electron chi connectivity index (χ3n) is 6.22. The molecule has 1 aromatic rings. The van der Waals surface area contributed by atoms with Gasteiger partial charge in [0.25, 0.3) is 0 Å². The van der Waals surface area contributed by atoms with Gasteiger partial charge in [0.15, 0.2) is 11.5 Å². The summed E-state index contributed by atoms with van der Waals surface area (Å²) in [5.41, 5.74) is 0.920. The van der Waals surface area contributed by atoms with Gasteiger partial charge < -0.3 is 30.7 Å². The first kappa shape index (κ1) is 25.9. The molecule has 3 atom stereocenters. The van der Waals surface area contributed by atoms with Gasteiger partial charge in [0.1, 0.15) is 0 Å². The van der Waals surface area contributed by atoms with Crippen molar-refractivity contribution < 1.29 is 29.6 Å². The lowest BCUT2D eigenvalue weighted by Gasteiger charge is -2.28. The molecule has 1 amide bonds. The molecule has 0 radical (unpaired) electrons. The van der Waals surface area contributed by atoms with Crippen LogP contribution in [0.2, 0.25) is 0 Å². The molecule has 8 heteroatoms. The van der Waals surface area contributed by atoms with Crippen molar-refractivity contribution in [1.82, 2.24) is 10.6 Å². The number of nitrogens with one attached hydrogen (secondary N) is 2. The zero-order chi connectivity index (χ0) is 23.5. The molecule has 1 aromatic carbocycles. The lowest BCUT2D eigenvalue weighted by molar-refractivity contribution is -0.140. The monoisotopic (exact) mass is 450 g/mol. The lowest BCUT2D eigenvalue weighted by atomic mass is 9.84. The molecular formula is C24H38N2O6. The first-order valence-corrected chi connectivity index (χ1v) is 11.6. The van der Waals surface area contributed by atoms with Crippen LogP contribution in [0.1, 0.15) is 63.9 Å². The van der Waals surface area contributed by atoms with Crippen molar-refractivity contribution >= 4 is 11.9 Å². The van der Waals surface area contributed by atoms with E-state index in [1.54, 1.807) is 19.1 Å². The van der Waals surface area contributed by atoms with Gasteiger partial charge >= 0.3 is 5.97 Å². The molecule has 0 spiro atoms. The minimum absolute atomic E-state index is 0.0712. The summed E-state index contributed by atoms with van der Waals surface area (Å²) >= 11 is 0. The van der Waals surface area contributed by atoms with Crippen LogP contribution in [0.25, 0.3) is 0 Å². The van der Waals surface area contributed by atoms with E-state index in [1.807, 2.05) is 6.07 Å². The Balaban J connectivity index is 1.80. The number of hydrogen-bond donors (Lipinski definition) is 5. The number of rotatable bonds is 13. The second kappa shape index (κ2) is 13.3. The summed E-state index contributed by atoms with van der Waals surface area (Å²) in [6.45, 7) is 2.20. The molecule has 5 N–H and O–H groups in total. The number of carboxylic acids is 1. The number of benzene rings is 1. The Bertz CT molecular complexity index is 735. The summed E-state index contributed by atoms with van der Waals surface area (Å²) in [7, 11) is 1.49. The number of carbonyl (C=O) groups is 2. The number of hydrogen-bond acceptors (Lipinski definition) is 6. The molecule has 2 unspecified atom stereocenters. The molecule has 2 rings (SSSR count). The molecule has 1 fully saturated rings. The molecule has 1 aliphatic rings. The molecular weight excluding hydrogens is 412 g/mol. The molecule has 1 aliphatic carbocycles. The Morgan fingerprint density at radius 2 is 1.94 bits per heavy atom. The Kier molecular flexibility index (Phi) is 10.8. The second-order valence-corrected chi connectivity index (χ2v) is 8.82. The number of aryl methyl sites for hydroxylation is 1. The van der Waals surface area contributed by atoms with Crippen LogP contribution in [0.15, 0.2) is 18.2 Å². The van der Waals surface area contributed by atoms with Crippen molar-refractivity contribution in [3.05, 3.63) is 23.8 Å². The summed E-state index contributed by atoms with van der Waals surface area (Å²) in [5.74, 6) is -0.507. The van der Waals surface area contributed by atoms with Crippen molar-refractivity contribution in [2.45, 2.75) is 82.9 Å². The van der Waals surface area contributed by atoms with Crippen LogP contribution in [0, 0.1) is 5.92 Å². The van der Waals surface area contributed by atoms with Gasteiger partial charge in [-0.3, -0.25) is 9.59 Å². The van der Waals surface area contributed by atoms with Crippen LogP contribution in [0.4, 0.5) is 0 Å². The van der Waals surface area contributed by atoms with Gasteiger partial charge in [-0.25, -0.2) is 0 Å². The minimum atomic E-state index is -1.06. The number of phenolic OH excluding ortho intramolecular Hbond substituents is 1. The van der Waals surface area contributed by atoms with Crippen LogP contribution in [0.3, 0.4) is 0 Å².